The van der Waals surface area contributed by atoms with Gasteiger partial charge in [-0.15, -0.1) is 12.3 Å². The molecule has 0 aromatic heterocycles. The second-order valence-electron chi connectivity index (χ2n) is 6.51. The molecular formula is C19H23N3O9. The molecule has 1 aromatic carbocycles. The minimum absolute atomic E-state index is 0.208. The highest BCUT2D eigenvalue weighted by atomic mass is 16.7. The van der Waals surface area contributed by atoms with E-state index < -0.39 is 55.2 Å². The van der Waals surface area contributed by atoms with Crippen LogP contribution in [0.25, 0.3) is 0 Å². The minimum atomic E-state index is -1.72. The van der Waals surface area contributed by atoms with E-state index in [1.54, 1.807) is 0 Å². The van der Waals surface area contributed by atoms with E-state index in [0.29, 0.717) is 18.7 Å². The van der Waals surface area contributed by atoms with Crippen LogP contribution in [-0.2, 0) is 14.3 Å². The number of aliphatic carboxylic acids is 1. The number of hydrogen-bond donors (Lipinski definition) is 7. The van der Waals surface area contributed by atoms with E-state index in [1.165, 1.54) is 24.3 Å². The van der Waals surface area contributed by atoms with E-state index in [1.807, 2.05) is 5.32 Å². The Morgan fingerprint density at radius 3 is 2.35 bits per heavy atom. The molecule has 12 nitrogen and oxygen atoms in total. The molecule has 2 rings (SSSR count). The van der Waals surface area contributed by atoms with Crippen molar-refractivity contribution in [2.45, 2.75) is 37.1 Å². The van der Waals surface area contributed by atoms with Crippen LogP contribution < -0.4 is 20.7 Å². The molecule has 31 heavy (non-hydrogen) atoms. The largest absolute Gasteiger partial charge is 0.474 e. The Hall–Kier alpha value is -3.37. The monoisotopic (exact) mass is 437 g/mol. The standard InChI is InChI=1S/C19H23N3O9/c1-2-3-8-20-19(29)22-10-4-6-11(7-5-10)30-18-15(25)14(24)13(23)12(31-18)9-21-16(26)17(27)28/h1,4-7,12-15,18,23-25H,3,8-9H2,(H,21,26)(H,27,28)(H2,20,22,29)/t12-,13-,14+,15+,18+/m1/s1. The first-order chi connectivity index (χ1) is 14.7. The van der Waals surface area contributed by atoms with Crippen molar-refractivity contribution in [2.24, 2.45) is 0 Å². The molecule has 0 saturated carbocycles. The van der Waals surface area contributed by atoms with Crippen LogP contribution in [0.2, 0.25) is 0 Å². The van der Waals surface area contributed by atoms with Crippen molar-refractivity contribution in [1.29, 1.82) is 0 Å². The third-order valence-corrected chi connectivity index (χ3v) is 4.25. The summed E-state index contributed by atoms with van der Waals surface area (Å²) in [5.74, 6) is -0.444. The van der Waals surface area contributed by atoms with Crippen molar-refractivity contribution < 1.29 is 44.3 Å². The maximum Gasteiger partial charge on any atom is 0.394 e. The Morgan fingerprint density at radius 2 is 1.74 bits per heavy atom. The van der Waals surface area contributed by atoms with Crippen LogP contribution >= 0.6 is 0 Å². The van der Waals surface area contributed by atoms with Crippen LogP contribution in [-0.4, -0.2) is 82.1 Å². The summed E-state index contributed by atoms with van der Waals surface area (Å²) in [5.41, 5.74) is 0.445. The van der Waals surface area contributed by atoms with Crippen molar-refractivity contribution in [2.75, 3.05) is 18.4 Å². The highest BCUT2D eigenvalue weighted by Gasteiger charge is 2.45. The molecule has 0 unspecified atom stereocenters. The van der Waals surface area contributed by atoms with Crippen LogP contribution in [0.5, 0.6) is 5.75 Å². The quantitative estimate of drug-likeness (QED) is 0.147. The first kappa shape index (κ1) is 23.9. The fourth-order valence-corrected chi connectivity index (χ4v) is 2.63. The second kappa shape index (κ2) is 11.1. The molecule has 1 aromatic rings. The molecule has 0 bridgehead atoms. The number of anilines is 1. The number of carbonyl (C=O) groups excluding carboxylic acids is 2. The number of benzene rings is 1. The number of nitrogens with one attached hydrogen (secondary N) is 3. The molecule has 1 heterocycles. The maximum absolute atomic E-state index is 11.7. The smallest absolute Gasteiger partial charge is 0.394 e. The number of amides is 3. The summed E-state index contributed by atoms with van der Waals surface area (Å²) in [6.45, 7) is -0.115. The summed E-state index contributed by atoms with van der Waals surface area (Å²) in [4.78, 5) is 33.4. The van der Waals surface area contributed by atoms with Crippen molar-refractivity contribution in [3.63, 3.8) is 0 Å². The summed E-state index contributed by atoms with van der Waals surface area (Å²) in [6.07, 6.45) is -2.05. The van der Waals surface area contributed by atoms with Crippen LogP contribution in [0.3, 0.4) is 0 Å². The van der Waals surface area contributed by atoms with Crippen molar-refractivity contribution in [3.8, 4) is 18.1 Å². The maximum atomic E-state index is 11.7. The third kappa shape index (κ3) is 6.83. The fraction of sp³-hybridized carbons (Fsp3) is 0.421. The van der Waals surface area contributed by atoms with E-state index in [4.69, 9.17) is 21.0 Å². The molecule has 1 fully saturated rings. The number of carboxylic acids is 1. The van der Waals surface area contributed by atoms with Crippen LogP contribution in [0.4, 0.5) is 10.5 Å². The Labute approximate surface area is 177 Å². The fourth-order valence-electron chi connectivity index (χ4n) is 2.63. The number of urea groups is 1. The minimum Gasteiger partial charge on any atom is -0.474 e. The lowest BCUT2D eigenvalue weighted by molar-refractivity contribution is -0.270. The zero-order valence-corrected chi connectivity index (χ0v) is 16.2. The normalized spacial score (nSPS) is 25.0. The predicted molar refractivity (Wildman–Crippen MR) is 105 cm³/mol. The van der Waals surface area contributed by atoms with Gasteiger partial charge in [-0.1, -0.05) is 0 Å². The van der Waals surface area contributed by atoms with Gasteiger partial charge in [-0.3, -0.25) is 4.79 Å². The van der Waals surface area contributed by atoms with Gasteiger partial charge in [0.15, 0.2) is 0 Å². The van der Waals surface area contributed by atoms with E-state index in [2.05, 4.69) is 16.6 Å². The highest BCUT2D eigenvalue weighted by molar-refractivity contribution is 6.31. The molecule has 5 atom stereocenters. The number of terminal acetylenes is 1. The summed E-state index contributed by atoms with van der Waals surface area (Å²) in [6, 6.07) is 5.51. The average Bonchev–Trinajstić information content (AvgIpc) is 2.74. The second-order valence-corrected chi connectivity index (χ2v) is 6.51. The summed E-state index contributed by atoms with van der Waals surface area (Å²) >= 11 is 0. The zero-order valence-electron chi connectivity index (χ0n) is 16.2. The van der Waals surface area contributed by atoms with E-state index in [9.17, 15) is 29.7 Å². The molecule has 7 N–H and O–H groups in total. The SMILES string of the molecule is C#CCCNC(=O)Nc1ccc(O[C@H]2O[C@H](CNC(=O)C(=O)O)[C@@H](O)[C@H](O)[C@@H]2O)cc1. The van der Waals surface area contributed by atoms with Gasteiger partial charge in [0.05, 0.1) is 0 Å². The molecule has 3 amide bonds. The van der Waals surface area contributed by atoms with Gasteiger partial charge in [0.25, 0.3) is 0 Å². The molecule has 1 aliphatic rings. The number of rotatable bonds is 7. The Balaban J connectivity index is 1.95. The predicted octanol–water partition coefficient (Wildman–Crippen LogP) is -1.78. The van der Waals surface area contributed by atoms with Gasteiger partial charge >= 0.3 is 17.9 Å². The van der Waals surface area contributed by atoms with Crippen molar-refractivity contribution >= 4 is 23.6 Å². The first-order valence-corrected chi connectivity index (χ1v) is 9.18. The molecule has 168 valence electrons. The highest BCUT2D eigenvalue weighted by Crippen LogP contribution is 2.25. The molecule has 0 aliphatic carbocycles. The topological polar surface area (TPSA) is 187 Å². The lowest BCUT2D eigenvalue weighted by atomic mass is 9.99. The van der Waals surface area contributed by atoms with Gasteiger partial charge < -0.3 is 45.9 Å². The van der Waals surface area contributed by atoms with E-state index in [0.717, 1.165) is 0 Å². The molecular weight excluding hydrogens is 414 g/mol. The Morgan fingerprint density at radius 1 is 1.06 bits per heavy atom. The van der Waals surface area contributed by atoms with E-state index in [-0.39, 0.29) is 5.75 Å². The Kier molecular flexibility index (Phi) is 8.59. The van der Waals surface area contributed by atoms with Gasteiger partial charge in [0, 0.05) is 25.2 Å². The Bertz CT molecular complexity index is 824. The van der Waals surface area contributed by atoms with Crippen LogP contribution in [0.1, 0.15) is 6.42 Å². The van der Waals surface area contributed by atoms with Crippen molar-refractivity contribution in [3.05, 3.63) is 24.3 Å². The van der Waals surface area contributed by atoms with Gasteiger partial charge in [0.1, 0.15) is 30.2 Å². The molecule has 0 spiro atoms. The van der Waals surface area contributed by atoms with E-state index >= 15 is 0 Å². The number of aliphatic hydroxyl groups is 3. The summed E-state index contributed by atoms with van der Waals surface area (Å²) < 4.78 is 10.9. The molecule has 1 aliphatic heterocycles. The van der Waals surface area contributed by atoms with Gasteiger partial charge in [-0.05, 0) is 24.3 Å². The number of hydrogen-bond acceptors (Lipinski definition) is 8. The molecule has 12 heteroatoms. The number of aliphatic hydroxyl groups excluding tert-OH is 3. The summed E-state index contributed by atoms with van der Waals surface area (Å²) in [7, 11) is 0. The molecule has 0 radical (unpaired) electrons. The number of carbonyl (C=O) groups is 3. The summed E-state index contributed by atoms with van der Waals surface area (Å²) in [5, 5.41) is 45.9. The lowest BCUT2D eigenvalue weighted by Gasteiger charge is -2.40. The number of carboxylic acid groups (broad SMARTS) is 1. The van der Waals surface area contributed by atoms with Gasteiger partial charge in [-0.25, -0.2) is 9.59 Å². The third-order valence-electron chi connectivity index (χ3n) is 4.25. The van der Waals surface area contributed by atoms with Crippen molar-refractivity contribution in [1.82, 2.24) is 10.6 Å². The first-order valence-electron chi connectivity index (χ1n) is 9.18. The van der Waals surface area contributed by atoms with Gasteiger partial charge in [0.2, 0.25) is 6.29 Å². The lowest BCUT2D eigenvalue weighted by Crippen LogP contribution is -2.61. The number of ether oxygens (including phenoxy) is 2. The van der Waals surface area contributed by atoms with Gasteiger partial charge in [-0.2, -0.15) is 0 Å². The average molecular weight is 437 g/mol. The van der Waals surface area contributed by atoms with Crippen LogP contribution in [0.15, 0.2) is 24.3 Å². The molecule has 1 saturated heterocycles. The van der Waals surface area contributed by atoms with Crippen LogP contribution in [0, 0.1) is 12.3 Å². The zero-order chi connectivity index (χ0) is 23.0.